The molecule has 0 radical (unpaired) electrons. The molecule has 0 amide bonds. The molecule has 1 aromatic carbocycles. The number of carbonyl (C=O) groups excluding carboxylic acids is 1. The average molecular weight is 383 g/mol. The van der Waals surface area contributed by atoms with Gasteiger partial charge in [-0.3, -0.25) is 9.36 Å². The van der Waals surface area contributed by atoms with Crippen LogP contribution in [0.5, 0.6) is 0 Å². The minimum Gasteiger partial charge on any atom is -0.468 e. The van der Waals surface area contributed by atoms with Crippen molar-refractivity contribution in [1.82, 2.24) is 13.8 Å². The van der Waals surface area contributed by atoms with Crippen LogP contribution in [0.1, 0.15) is 6.92 Å². The van der Waals surface area contributed by atoms with Gasteiger partial charge in [-0.15, -0.1) is 0 Å². The molecule has 0 bridgehead atoms. The summed E-state index contributed by atoms with van der Waals surface area (Å²) in [5.41, 5.74) is 0.460. The third kappa shape index (κ3) is 3.39. The Morgan fingerprint density at radius 3 is 2.54 bits per heavy atom. The number of methoxy groups -OCH3 is 1. The number of hydrogen-bond acceptors (Lipinski definition) is 7. The highest BCUT2D eigenvalue weighted by molar-refractivity contribution is 7.89. The molecule has 26 heavy (non-hydrogen) atoms. The molecule has 1 saturated heterocycles. The third-order valence-corrected chi connectivity index (χ3v) is 6.47. The number of benzene rings is 1. The number of aromatic nitrogens is 1. The zero-order chi connectivity index (χ0) is 18.9. The highest BCUT2D eigenvalue weighted by Gasteiger charge is 2.28. The molecule has 10 heteroatoms. The van der Waals surface area contributed by atoms with E-state index < -0.39 is 21.7 Å². The first-order chi connectivity index (χ1) is 12.4. The number of carbonyl (C=O) groups is 1. The molecule has 2 heterocycles. The van der Waals surface area contributed by atoms with E-state index in [0.29, 0.717) is 31.7 Å². The minimum atomic E-state index is -3.67. The second kappa shape index (κ2) is 7.22. The molecule has 1 fully saturated rings. The molecule has 9 nitrogen and oxygen atoms in total. The molecule has 142 valence electrons. The third-order valence-electron chi connectivity index (χ3n) is 4.57. The van der Waals surface area contributed by atoms with Crippen molar-refractivity contribution in [3.8, 4) is 0 Å². The predicted octanol–water partition coefficient (Wildman–Crippen LogP) is 0.0937. The van der Waals surface area contributed by atoms with Gasteiger partial charge in [0.15, 0.2) is 5.58 Å². The fourth-order valence-corrected chi connectivity index (χ4v) is 4.42. The van der Waals surface area contributed by atoms with Crippen molar-refractivity contribution < 1.29 is 22.4 Å². The topological polar surface area (TPSA) is 102 Å². The first-order valence-electron chi connectivity index (χ1n) is 8.29. The zero-order valence-corrected chi connectivity index (χ0v) is 15.5. The van der Waals surface area contributed by atoms with Crippen molar-refractivity contribution >= 4 is 27.1 Å². The van der Waals surface area contributed by atoms with E-state index in [-0.39, 0.29) is 17.0 Å². The first-order valence-corrected chi connectivity index (χ1v) is 9.73. The van der Waals surface area contributed by atoms with Crippen LogP contribution in [0.2, 0.25) is 0 Å². The number of piperazine rings is 1. The normalized spacial score (nSPS) is 16.8. The van der Waals surface area contributed by atoms with Crippen molar-refractivity contribution in [2.45, 2.75) is 18.4 Å². The average Bonchev–Trinajstić information content (AvgIpc) is 2.96. The Kier molecular flexibility index (Phi) is 5.17. The van der Waals surface area contributed by atoms with Gasteiger partial charge in [-0.2, -0.15) is 4.31 Å². The summed E-state index contributed by atoms with van der Waals surface area (Å²) in [7, 11) is -2.45. The lowest BCUT2D eigenvalue weighted by Crippen LogP contribution is -2.48. The maximum atomic E-state index is 12.8. The van der Waals surface area contributed by atoms with E-state index in [1.54, 1.807) is 0 Å². The van der Waals surface area contributed by atoms with Crippen LogP contribution >= 0.6 is 0 Å². The van der Waals surface area contributed by atoms with E-state index in [0.717, 1.165) is 11.1 Å². The van der Waals surface area contributed by atoms with Crippen molar-refractivity contribution in [3.05, 3.63) is 28.7 Å². The van der Waals surface area contributed by atoms with Crippen LogP contribution in [-0.4, -0.2) is 68.0 Å². The van der Waals surface area contributed by atoms with Gasteiger partial charge in [0.05, 0.1) is 17.5 Å². The largest absolute Gasteiger partial charge is 0.468 e. The SMILES string of the molecule is CCN1CCN(S(=O)(=O)c2ccc3c(c2)oc(=O)n3CC(=O)OC)CC1. The summed E-state index contributed by atoms with van der Waals surface area (Å²) >= 11 is 0. The molecule has 1 aliphatic heterocycles. The van der Waals surface area contributed by atoms with E-state index in [9.17, 15) is 18.0 Å². The number of sulfonamides is 1. The number of hydrogen-bond donors (Lipinski definition) is 0. The summed E-state index contributed by atoms with van der Waals surface area (Å²) in [5, 5.41) is 0. The molecular formula is C16H21N3O6S. The Morgan fingerprint density at radius 2 is 1.92 bits per heavy atom. The summed E-state index contributed by atoms with van der Waals surface area (Å²) < 4.78 is 37.9. The molecule has 0 saturated carbocycles. The Bertz CT molecular complexity index is 970. The standard InChI is InChI=1S/C16H21N3O6S/c1-3-17-6-8-18(9-7-17)26(22,23)12-4-5-13-14(10-12)25-16(21)19(13)11-15(20)24-2/h4-5,10H,3,6-9,11H2,1-2H3. The van der Waals surface area contributed by atoms with E-state index >= 15 is 0 Å². The van der Waals surface area contributed by atoms with Crippen LogP contribution in [0.4, 0.5) is 0 Å². The number of esters is 1. The van der Waals surface area contributed by atoms with E-state index in [1.807, 2.05) is 6.92 Å². The Balaban J connectivity index is 1.92. The number of ether oxygens (including phenoxy) is 1. The molecule has 0 aliphatic carbocycles. The molecule has 0 N–H and O–H groups in total. The van der Waals surface area contributed by atoms with Crippen LogP contribution in [-0.2, 0) is 26.1 Å². The smallest absolute Gasteiger partial charge is 0.420 e. The maximum Gasteiger partial charge on any atom is 0.420 e. The van der Waals surface area contributed by atoms with Gasteiger partial charge < -0.3 is 14.1 Å². The quantitative estimate of drug-likeness (QED) is 0.675. The van der Waals surface area contributed by atoms with Crippen LogP contribution in [0.25, 0.3) is 11.1 Å². The second-order valence-electron chi connectivity index (χ2n) is 6.00. The molecule has 0 spiro atoms. The van der Waals surface area contributed by atoms with Gasteiger partial charge in [0.1, 0.15) is 6.54 Å². The van der Waals surface area contributed by atoms with Crippen molar-refractivity contribution in [3.63, 3.8) is 0 Å². The van der Waals surface area contributed by atoms with E-state index in [1.165, 1.54) is 29.6 Å². The Morgan fingerprint density at radius 1 is 1.23 bits per heavy atom. The fraction of sp³-hybridized carbons (Fsp3) is 0.500. The molecule has 0 atom stereocenters. The summed E-state index contributed by atoms with van der Waals surface area (Å²) in [6.45, 7) is 4.83. The molecular weight excluding hydrogens is 362 g/mol. The zero-order valence-electron chi connectivity index (χ0n) is 14.7. The fourth-order valence-electron chi connectivity index (χ4n) is 2.99. The molecule has 3 rings (SSSR count). The number of nitrogens with zero attached hydrogens (tertiary/aromatic N) is 3. The van der Waals surface area contributed by atoms with Gasteiger partial charge in [-0.1, -0.05) is 6.92 Å². The Hall–Kier alpha value is -2.17. The van der Waals surface area contributed by atoms with Gasteiger partial charge in [-0.25, -0.2) is 13.2 Å². The molecule has 0 unspecified atom stereocenters. The summed E-state index contributed by atoms with van der Waals surface area (Å²) in [6.07, 6.45) is 0. The number of rotatable bonds is 5. The lowest BCUT2D eigenvalue weighted by molar-refractivity contribution is -0.141. The van der Waals surface area contributed by atoms with Crippen LogP contribution in [0.15, 0.2) is 32.3 Å². The maximum absolute atomic E-state index is 12.8. The predicted molar refractivity (Wildman–Crippen MR) is 93.4 cm³/mol. The summed E-state index contributed by atoms with van der Waals surface area (Å²) in [6, 6.07) is 4.22. The van der Waals surface area contributed by atoms with Crippen LogP contribution < -0.4 is 5.76 Å². The molecule has 1 aromatic heterocycles. The molecule has 1 aliphatic rings. The number of likely N-dealkylation sites (N-methyl/N-ethyl adjacent to an activating group) is 1. The van der Waals surface area contributed by atoms with Gasteiger partial charge in [0.2, 0.25) is 10.0 Å². The van der Waals surface area contributed by atoms with Gasteiger partial charge in [0, 0.05) is 32.2 Å². The highest BCUT2D eigenvalue weighted by atomic mass is 32.2. The van der Waals surface area contributed by atoms with E-state index in [2.05, 4.69) is 9.64 Å². The number of oxazole rings is 1. The first kappa shape index (κ1) is 18.6. The summed E-state index contributed by atoms with van der Waals surface area (Å²) in [5.74, 6) is -1.34. The van der Waals surface area contributed by atoms with Crippen molar-refractivity contribution in [1.29, 1.82) is 0 Å². The minimum absolute atomic E-state index is 0.0638. The van der Waals surface area contributed by atoms with Gasteiger partial charge in [0.25, 0.3) is 0 Å². The second-order valence-corrected chi connectivity index (χ2v) is 7.94. The van der Waals surface area contributed by atoms with Crippen molar-refractivity contribution in [2.24, 2.45) is 0 Å². The molecule has 2 aromatic rings. The Labute approximate surface area is 150 Å². The van der Waals surface area contributed by atoms with Gasteiger partial charge >= 0.3 is 11.7 Å². The monoisotopic (exact) mass is 383 g/mol. The van der Waals surface area contributed by atoms with Gasteiger partial charge in [-0.05, 0) is 18.7 Å². The van der Waals surface area contributed by atoms with Crippen LogP contribution in [0.3, 0.4) is 0 Å². The number of fused-ring (bicyclic) bond motifs is 1. The van der Waals surface area contributed by atoms with E-state index in [4.69, 9.17) is 4.42 Å². The van der Waals surface area contributed by atoms with Crippen LogP contribution in [0, 0.1) is 0 Å². The summed E-state index contributed by atoms with van der Waals surface area (Å²) in [4.78, 5) is 25.6. The van der Waals surface area contributed by atoms with Crippen molar-refractivity contribution in [2.75, 3.05) is 39.8 Å². The lowest BCUT2D eigenvalue weighted by Gasteiger charge is -2.33. The lowest BCUT2D eigenvalue weighted by atomic mass is 10.3. The highest BCUT2D eigenvalue weighted by Crippen LogP contribution is 2.22.